The summed E-state index contributed by atoms with van der Waals surface area (Å²) in [6.07, 6.45) is 14.5. The second-order valence-corrected chi connectivity index (χ2v) is 10.7. The van der Waals surface area contributed by atoms with Gasteiger partial charge in [-0.1, -0.05) is 45.8 Å². The maximum absolute atomic E-state index is 11.4. The Balaban J connectivity index is 1.76. The lowest BCUT2D eigenvalue weighted by Crippen LogP contribution is -2.37. The van der Waals surface area contributed by atoms with Crippen LogP contribution in [0.2, 0.25) is 0 Å². The molecule has 2 aliphatic heterocycles. The molecule has 0 aromatic carbocycles. The Morgan fingerprint density at radius 1 is 1.09 bits per heavy atom. The highest BCUT2D eigenvalue weighted by atomic mass is 16.7. The molecule has 2 saturated heterocycles. The Hall–Kier alpha value is -0.790. The summed E-state index contributed by atoms with van der Waals surface area (Å²) < 4.78 is 24.5. The van der Waals surface area contributed by atoms with E-state index >= 15 is 0 Å². The molecule has 1 saturated carbocycles. The molecule has 1 aliphatic carbocycles. The number of aliphatic hydroxyl groups is 1. The molecule has 1 N–H and O–H groups in total. The van der Waals surface area contributed by atoms with Crippen molar-refractivity contribution in [2.24, 2.45) is 17.3 Å². The first-order valence-electron chi connectivity index (χ1n) is 13.3. The van der Waals surface area contributed by atoms with E-state index in [1.807, 2.05) is 0 Å². The maximum atomic E-state index is 11.4. The summed E-state index contributed by atoms with van der Waals surface area (Å²) in [4.78, 5) is 11.4. The smallest absolute Gasteiger partial charge is 0.158 e. The average molecular weight is 467 g/mol. The van der Waals surface area contributed by atoms with Crippen LogP contribution in [0.5, 0.6) is 0 Å². The van der Waals surface area contributed by atoms with Crippen molar-refractivity contribution >= 4 is 6.29 Å². The third-order valence-corrected chi connectivity index (χ3v) is 7.61. The molecule has 0 bridgehead atoms. The molecule has 2 heterocycles. The Morgan fingerprint density at radius 3 is 2.39 bits per heavy atom. The number of aldehydes is 1. The van der Waals surface area contributed by atoms with Gasteiger partial charge in [0.2, 0.25) is 0 Å². The van der Waals surface area contributed by atoms with Crippen LogP contribution in [0.15, 0.2) is 12.2 Å². The Morgan fingerprint density at radius 2 is 1.79 bits per heavy atom. The van der Waals surface area contributed by atoms with Gasteiger partial charge in [-0.25, -0.2) is 0 Å². The van der Waals surface area contributed by atoms with Crippen LogP contribution in [0.25, 0.3) is 0 Å². The summed E-state index contributed by atoms with van der Waals surface area (Å²) in [5, 5.41) is 10.7. The zero-order valence-electron chi connectivity index (χ0n) is 21.0. The van der Waals surface area contributed by atoms with Crippen molar-refractivity contribution in [3.8, 4) is 0 Å². The van der Waals surface area contributed by atoms with Crippen LogP contribution >= 0.6 is 0 Å². The summed E-state index contributed by atoms with van der Waals surface area (Å²) >= 11 is 0. The molecule has 190 valence electrons. The van der Waals surface area contributed by atoms with Gasteiger partial charge in [-0.05, 0) is 50.4 Å². The minimum atomic E-state index is -0.549. The van der Waals surface area contributed by atoms with Crippen molar-refractivity contribution in [2.45, 2.75) is 122 Å². The monoisotopic (exact) mass is 466 g/mol. The number of hydrogen-bond donors (Lipinski definition) is 1. The number of ether oxygens (including phenoxy) is 4. The molecule has 0 radical (unpaired) electrons. The van der Waals surface area contributed by atoms with Gasteiger partial charge >= 0.3 is 0 Å². The first-order valence-corrected chi connectivity index (χ1v) is 13.3. The molecular formula is C27H46O6. The molecule has 3 fully saturated rings. The van der Waals surface area contributed by atoms with Crippen LogP contribution in [0.1, 0.15) is 91.4 Å². The van der Waals surface area contributed by atoms with E-state index in [1.165, 1.54) is 0 Å². The number of aliphatic hydroxyl groups excluding tert-OH is 1. The lowest BCUT2D eigenvalue weighted by atomic mass is 9.80. The third-order valence-electron chi connectivity index (χ3n) is 7.61. The van der Waals surface area contributed by atoms with E-state index in [2.05, 4.69) is 32.9 Å². The summed E-state index contributed by atoms with van der Waals surface area (Å²) in [5.74, 6) is -0.186. The minimum absolute atomic E-state index is 0.0453. The largest absolute Gasteiger partial charge is 0.393 e. The van der Waals surface area contributed by atoms with Crippen molar-refractivity contribution < 1.29 is 28.8 Å². The summed E-state index contributed by atoms with van der Waals surface area (Å²) in [6.45, 7) is 8.21. The summed E-state index contributed by atoms with van der Waals surface area (Å²) in [6, 6.07) is 0. The SMILES string of the molecule is CCCCC(C)(C)[C@H](C=C[C@@H]1[C@@H](CC=O)[C@@H](O)C[C@H]1OC1CCCCO1)OC1CCCCO1. The molecule has 6 nitrogen and oxygen atoms in total. The minimum Gasteiger partial charge on any atom is -0.393 e. The molecule has 33 heavy (non-hydrogen) atoms. The predicted octanol–water partition coefficient (Wildman–Crippen LogP) is 5.17. The highest BCUT2D eigenvalue weighted by Crippen LogP contribution is 2.40. The van der Waals surface area contributed by atoms with Gasteiger partial charge in [0.1, 0.15) is 6.29 Å². The fourth-order valence-corrected chi connectivity index (χ4v) is 5.43. The maximum Gasteiger partial charge on any atom is 0.158 e. The Bertz CT molecular complexity index is 593. The van der Waals surface area contributed by atoms with E-state index in [-0.39, 0.29) is 42.0 Å². The van der Waals surface area contributed by atoms with Gasteiger partial charge in [-0.15, -0.1) is 0 Å². The van der Waals surface area contributed by atoms with Crippen molar-refractivity contribution in [1.82, 2.24) is 0 Å². The molecule has 3 aliphatic rings. The van der Waals surface area contributed by atoms with Gasteiger partial charge in [0.25, 0.3) is 0 Å². The van der Waals surface area contributed by atoms with Crippen LogP contribution in [0.3, 0.4) is 0 Å². The van der Waals surface area contributed by atoms with Crippen LogP contribution in [-0.2, 0) is 23.7 Å². The Labute approximate surface area is 200 Å². The normalized spacial score (nSPS) is 34.5. The Kier molecular flexibility index (Phi) is 10.8. The lowest BCUT2D eigenvalue weighted by Gasteiger charge is -2.36. The number of hydrogen-bond acceptors (Lipinski definition) is 6. The molecule has 6 heteroatoms. The molecule has 7 atom stereocenters. The van der Waals surface area contributed by atoms with Crippen molar-refractivity contribution in [3.05, 3.63) is 12.2 Å². The van der Waals surface area contributed by atoms with Crippen LogP contribution in [-0.4, -0.2) is 55.5 Å². The fourth-order valence-electron chi connectivity index (χ4n) is 5.43. The second kappa shape index (κ2) is 13.3. The topological polar surface area (TPSA) is 74.2 Å². The molecule has 0 aromatic rings. The lowest BCUT2D eigenvalue weighted by molar-refractivity contribution is -0.198. The van der Waals surface area contributed by atoms with Gasteiger partial charge in [0.15, 0.2) is 12.6 Å². The van der Waals surface area contributed by atoms with Gasteiger partial charge in [0, 0.05) is 37.9 Å². The van der Waals surface area contributed by atoms with Gasteiger partial charge in [0.05, 0.1) is 18.3 Å². The van der Waals surface area contributed by atoms with Gasteiger partial charge in [-0.2, -0.15) is 0 Å². The average Bonchev–Trinajstić information content (AvgIpc) is 3.10. The molecule has 3 rings (SSSR count). The number of carbonyl (C=O) groups is 1. The fraction of sp³-hybridized carbons (Fsp3) is 0.889. The van der Waals surface area contributed by atoms with E-state index in [1.54, 1.807) is 0 Å². The van der Waals surface area contributed by atoms with Gasteiger partial charge in [-0.3, -0.25) is 0 Å². The first-order chi connectivity index (χ1) is 15.9. The summed E-state index contributed by atoms with van der Waals surface area (Å²) in [5.41, 5.74) is -0.0481. The zero-order valence-corrected chi connectivity index (χ0v) is 21.0. The highest BCUT2D eigenvalue weighted by molar-refractivity contribution is 5.50. The molecule has 2 unspecified atom stereocenters. The van der Waals surface area contributed by atoms with Crippen LogP contribution in [0, 0.1) is 17.3 Å². The second-order valence-electron chi connectivity index (χ2n) is 10.7. The quantitative estimate of drug-likeness (QED) is 0.316. The standard InChI is InChI=1S/C27H46O6/c1-4-5-15-27(2,3)24(33-26-11-7-9-18-31-26)13-12-21-20(14-16-28)22(29)19-23(21)32-25-10-6-8-17-30-25/h12-13,16,20-26,29H,4-11,14-15,17-19H2,1-3H3/t20-,21-,22+,23-,24+,25?,26?/m1/s1. The molecule has 0 spiro atoms. The number of carbonyl (C=O) groups excluding carboxylic acids is 1. The van der Waals surface area contributed by atoms with E-state index in [4.69, 9.17) is 18.9 Å². The predicted molar refractivity (Wildman–Crippen MR) is 128 cm³/mol. The van der Waals surface area contributed by atoms with Crippen molar-refractivity contribution in [1.29, 1.82) is 0 Å². The third kappa shape index (κ3) is 7.86. The molecular weight excluding hydrogens is 420 g/mol. The number of unbranched alkanes of at least 4 members (excludes halogenated alkanes) is 1. The van der Waals surface area contributed by atoms with E-state index in [0.717, 1.165) is 77.3 Å². The van der Waals surface area contributed by atoms with Crippen molar-refractivity contribution in [3.63, 3.8) is 0 Å². The van der Waals surface area contributed by atoms with Gasteiger partial charge < -0.3 is 28.8 Å². The molecule has 0 aromatic heterocycles. The van der Waals surface area contributed by atoms with E-state index in [9.17, 15) is 9.90 Å². The number of rotatable bonds is 12. The zero-order chi connectivity index (χ0) is 23.7. The first kappa shape index (κ1) is 26.8. The highest BCUT2D eigenvalue weighted by Gasteiger charge is 2.43. The van der Waals surface area contributed by atoms with E-state index in [0.29, 0.717) is 12.8 Å². The molecule has 0 amide bonds. The van der Waals surface area contributed by atoms with Crippen molar-refractivity contribution in [2.75, 3.05) is 13.2 Å². The van der Waals surface area contributed by atoms with E-state index < -0.39 is 6.10 Å². The van der Waals surface area contributed by atoms with Crippen LogP contribution < -0.4 is 0 Å². The van der Waals surface area contributed by atoms with Crippen LogP contribution in [0.4, 0.5) is 0 Å². The summed E-state index contributed by atoms with van der Waals surface area (Å²) in [7, 11) is 0.